The second-order valence-corrected chi connectivity index (χ2v) is 7.80. The molecule has 104 valence electrons. The molecular weight excluding hydrogens is 280 g/mol. The molecule has 0 saturated carbocycles. The van der Waals surface area contributed by atoms with Crippen molar-refractivity contribution in [2.24, 2.45) is 20.1 Å². The maximum atomic E-state index is 5.99. The minimum absolute atomic E-state index is 0.538. The van der Waals surface area contributed by atoms with Crippen LogP contribution in [0.15, 0.2) is 67.8 Å². The summed E-state index contributed by atoms with van der Waals surface area (Å²) in [6, 6.07) is 16.1. The van der Waals surface area contributed by atoms with Crippen molar-refractivity contribution in [2.75, 3.05) is 6.26 Å². The molecule has 0 aliphatic carbocycles. The predicted octanol–water partition coefficient (Wildman–Crippen LogP) is 3.23. The number of amidine groups is 2. The van der Waals surface area contributed by atoms with Gasteiger partial charge in [0.25, 0.3) is 0 Å². The third-order valence-corrected chi connectivity index (χ3v) is 5.96. The summed E-state index contributed by atoms with van der Waals surface area (Å²) in [5.41, 5.74) is 10.9. The Hall–Kier alpha value is -2.40. The van der Waals surface area contributed by atoms with Crippen LogP contribution in [0, 0.1) is 0 Å². The van der Waals surface area contributed by atoms with E-state index in [0.29, 0.717) is 11.7 Å². The fourth-order valence-corrected chi connectivity index (χ4v) is 4.56. The number of benzene rings is 2. The normalized spacial score (nSPS) is 27.1. The Labute approximate surface area is 124 Å². The number of aliphatic imine (C=N–C) groups is 2. The van der Waals surface area contributed by atoms with Gasteiger partial charge < -0.3 is 5.73 Å². The highest BCUT2D eigenvalue weighted by molar-refractivity contribution is 8.43. The Morgan fingerprint density at radius 1 is 1.00 bits per heavy atom. The van der Waals surface area contributed by atoms with Crippen LogP contribution < -0.4 is 5.73 Å². The number of fused-ring (bicyclic) bond motifs is 2. The van der Waals surface area contributed by atoms with Crippen molar-refractivity contribution in [1.82, 2.24) is 0 Å². The van der Waals surface area contributed by atoms with Gasteiger partial charge in [0.1, 0.15) is 5.84 Å². The molecule has 0 spiro atoms. The van der Waals surface area contributed by atoms with Gasteiger partial charge in [-0.25, -0.2) is 14.4 Å². The molecule has 2 heterocycles. The molecule has 4 nitrogen and oxygen atoms in total. The second-order valence-electron chi connectivity index (χ2n) is 5.10. The molecule has 1 atom stereocenters. The van der Waals surface area contributed by atoms with E-state index in [-0.39, 0.29) is 0 Å². The second kappa shape index (κ2) is 4.30. The fraction of sp³-hybridized carbons (Fsp3) is 0.0625. The van der Waals surface area contributed by atoms with Gasteiger partial charge in [0.2, 0.25) is 0 Å². The van der Waals surface area contributed by atoms with Gasteiger partial charge in [-0.15, -0.1) is 0 Å². The van der Waals surface area contributed by atoms with Gasteiger partial charge in [0.05, 0.1) is 11.2 Å². The largest absolute Gasteiger partial charge is 0.383 e. The smallest absolute Gasteiger partial charge is 0.168 e. The Bertz CT molecular complexity index is 838. The van der Waals surface area contributed by atoms with Crippen molar-refractivity contribution in [1.29, 1.82) is 0 Å². The SMILES string of the molecule is CS1(/N=C2\N=C(N)c3ccccc32)C=Nc2ccccc21. The molecule has 0 radical (unpaired) electrons. The lowest BCUT2D eigenvalue weighted by Gasteiger charge is -2.23. The van der Waals surface area contributed by atoms with E-state index in [1.165, 1.54) is 4.90 Å². The summed E-state index contributed by atoms with van der Waals surface area (Å²) in [4.78, 5) is 10.1. The summed E-state index contributed by atoms with van der Waals surface area (Å²) < 4.78 is 4.92. The van der Waals surface area contributed by atoms with Gasteiger partial charge >= 0.3 is 0 Å². The van der Waals surface area contributed by atoms with Crippen LogP contribution in [0.1, 0.15) is 11.1 Å². The summed E-state index contributed by atoms with van der Waals surface area (Å²) in [5, 5.41) is 0. The molecule has 0 fully saturated rings. The van der Waals surface area contributed by atoms with Crippen LogP contribution in [-0.2, 0) is 0 Å². The number of hydrogen-bond donors (Lipinski definition) is 1. The number of hydrogen-bond acceptors (Lipinski definition) is 3. The molecule has 4 rings (SSSR count). The summed E-state index contributed by atoms with van der Waals surface area (Å²) >= 11 is 0. The van der Waals surface area contributed by atoms with Crippen LogP contribution >= 0.6 is 10.2 Å². The van der Waals surface area contributed by atoms with Crippen LogP contribution in [-0.4, -0.2) is 23.5 Å². The molecule has 21 heavy (non-hydrogen) atoms. The highest BCUT2D eigenvalue weighted by Gasteiger charge is 2.28. The lowest BCUT2D eigenvalue weighted by atomic mass is 10.1. The summed E-state index contributed by atoms with van der Waals surface area (Å²) in [6.45, 7) is 0. The molecular formula is C16H14N4S. The molecule has 2 aromatic carbocycles. The highest BCUT2D eigenvalue weighted by atomic mass is 32.3. The molecule has 0 aromatic heterocycles. The van der Waals surface area contributed by atoms with Crippen molar-refractivity contribution in [3.63, 3.8) is 0 Å². The zero-order chi connectivity index (χ0) is 14.4. The van der Waals surface area contributed by atoms with Gasteiger partial charge in [0.15, 0.2) is 5.84 Å². The van der Waals surface area contributed by atoms with Crippen molar-refractivity contribution >= 4 is 33.1 Å². The van der Waals surface area contributed by atoms with E-state index in [1.54, 1.807) is 0 Å². The zero-order valence-electron chi connectivity index (χ0n) is 11.5. The molecule has 2 N–H and O–H groups in total. The van der Waals surface area contributed by atoms with E-state index in [2.05, 4.69) is 22.3 Å². The quantitative estimate of drug-likeness (QED) is 0.862. The first-order chi connectivity index (χ1) is 10.2. The summed E-state index contributed by atoms with van der Waals surface area (Å²) in [7, 11) is -1.48. The molecule has 2 aromatic rings. The van der Waals surface area contributed by atoms with E-state index >= 15 is 0 Å². The third-order valence-electron chi connectivity index (χ3n) is 3.65. The highest BCUT2D eigenvalue weighted by Crippen LogP contribution is 2.59. The average Bonchev–Trinajstić information content (AvgIpc) is 3.00. The Morgan fingerprint density at radius 2 is 1.71 bits per heavy atom. The van der Waals surface area contributed by atoms with E-state index in [9.17, 15) is 0 Å². The zero-order valence-corrected chi connectivity index (χ0v) is 12.3. The fourth-order valence-electron chi connectivity index (χ4n) is 2.59. The molecule has 0 saturated heterocycles. The van der Waals surface area contributed by atoms with E-state index in [4.69, 9.17) is 10.1 Å². The van der Waals surface area contributed by atoms with Crippen molar-refractivity contribution < 1.29 is 0 Å². The minimum atomic E-state index is -1.48. The Kier molecular flexibility index (Phi) is 2.53. The standard InChI is InChI=1S/C16H14N4S/c1-21(10-18-13-8-4-5-9-14(13)21)20-16-12-7-3-2-6-11(12)15(17)19-16/h2-10H,1H3,(H2,17,19,20). The Balaban J connectivity index is 1.86. The van der Waals surface area contributed by atoms with E-state index in [0.717, 1.165) is 16.8 Å². The van der Waals surface area contributed by atoms with Crippen molar-refractivity contribution in [3.05, 3.63) is 59.7 Å². The minimum Gasteiger partial charge on any atom is -0.383 e. The number of rotatable bonds is 1. The van der Waals surface area contributed by atoms with Gasteiger partial charge in [-0.05, 0) is 18.4 Å². The first-order valence-corrected chi connectivity index (χ1v) is 8.69. The topological polar surface area (TPSA) is 63.1 Å². The van der Waals surface area contributed by atoms with Crippen LogP contribution in [0.3, 0.4) is 0 Å². The van der Waals surface area contributed by atoms with E-state index < -0.39 is 10.2 Å². The number of nitrogens with two attached hydrogens (primary N) is 1. The molecule has 5 heteroatoms. The van der Waals surface area contributed by atoms with Gasteiger partial charge in [0, 0.05) is 16.0 Å². The monoisotopic (exact) mass is 294 g/mol. The average molecular weight is 294 g/mol. The van der Waals surface area contributed by atoms with Crippen LogP contribution in [0.4, 0.5) is 5.69 Å². The van der Waals surface area contributed by atoms with E-state index in [1.807, 2.05) is 48.0 Å². The molecule has 0 amide bonds. The van der Waals surface area contributed by atoms with Gasteiger partial charge in [-0.1, -0.05) is 46.6 Å². The lowest BCUT2D eigenvalue weighted by Crippen LogP contribution is -2.09. The van der Waals surface area contributed by atoms with Crippen molar-refractivity contribution in [2.45, 2.75) is 4.90 Å². The summed E-state index contributed by atoms with van der Waals surface area (Å²) in [6.07, 6.45) is 2.13. The predicted molar refractivity (Wildman–Crippen MR) is 90.1 cm³/mol. The Morgan fingerprint density at radius 3 is 2.57 bits per heavy atom. The van der Waals surface area contributed by atoms with Gasteiger partial charge in [-0.3, -0.25) is 0 Å². The van der Waals surface area contributed by atoms with Crippen LogP contribution in [0.2, 0.25) is 0 Å². The third kappa shape index (κ3) is 1.81. The molecule has 1 unspecified atom stereocenters. The van der Waals surface area contributed by atoms with Crippen LogP contribution in [0.5, 0.6) is 0 Å². The number of nitrogens with zero attached hydrogens (tertiary/aromatic N) is 3. The molecule has 2 aliphatic heterocycles. The molecule has 2 aliphatic rings. The first kappa shape index (κ1) is 12.3. The number of para-hydroxylation sites is 1. The molecule has 0 bridgehead atoms. The maximum Gasteiger partial charge on any atom is 0.168 e. The lowest BCUT2D eigenvalue weighted by molar-refractivity contribution is 1.39. The maximum absolute atomic E-state index is 5.99. The van der Waals surface area contributed by atoms with Crippen LogP contribution in [0.25, 0.3) is 0 Å². The summed E-state index contributed by atoms with van der Waals surface area (Å²) in [5.74, 6) is 1.25. The van der Waals surface area contributed by atoms with Crippen molar-refractivity contribution in [3.8, 4) is 0 Å². The van der Waals surface area contributed by atoms with Gasteiger partial charge in [-0.2, -0.15) is 0 Å². The first-order valence-electron chi connectivity index (χ1n) is 6.63.